The van der Waals surface area contributed by atoms with E-state index in [0.29, 0.717) is 19.5 Å². The van der Waals surface area contributed by atoms with Gasteiger partial charge in [0.25, 0.3) is 0 Å². The number of carbonyl (C=O) groups is 2. The Bertz CT molecular complexity index is 614. The summed E-state index contributed by atoms with van der Waals surface area (Å²) in [5.74, 6) is 0.956. The van der Waals surface area contributed by atoms with Gasteiger partial charge >= 0.3 is 0 Å². The van der Waals surface area contributed by atoms with Gasteiger partial charge in [0.1, 0.15) is 17.8 Å². The zero-order valence-corrected chi connectivity index (χ0v) is 14.4. The van der Waals surface area contributed by atoms with Crippen LogP contribution in [-0.2, 0) is 16.1 Å². The summed E-state index contributed by atoms with van der Waals surface area (Å²) in [4.78, 5) is 26.6. The SMILES string of the molecule is COc1ccc(CN[C@H]2C[C@H]3C(=O)N[C@@H](C(C)C)C(=O)N3C2)cc1. The number of methoxy groups -OCH3 is 1. The zero-order valence-electron chi connectivity index (χ0n) is 14.4. The van der Waals surface area contributed by atoms with Crippen LogP contribution in [0.25, 0.3) is 0 Å². The Hall–Kier alpha value is -2.08. The maximum atomic E-state index is 12.6. The van der Waals surface area contributed by atoms with Gasteiger partial charge in [0.05, 0.1) is 7.11 Å². The smallest absolute Gasteiger partial charge is 0.246 e. The number of fused-ring (bicyclic) bond motifs is 1. The number of rotatable bonds is 5. The lowest BCUT2D eigenvalue weighted by atomic mass is 9.98. The van der Waals surface area contributed by atoms with E-state index in [1.807, 2.05) is 38.1 Å². The maximum Gasteiger partial charge on any atom is 0.246 e. The number of nitrogens with one attached hydrogen (secondary N) is 2. The zero-order chi connectivity index (χ0) is 17.3. The average molecular weight is 331 g/mol. The Labute approximate surface area is 142 Å². The van der Waals surface area contributed by atoms with Gasteiger partial charge in [-0.2, -0.15) is 0 Å². The predicted molar refractivity (Wildman–Crippen MR) is 90.5 cm³/mol. The van der Waals surface area contributed by atoms with Gasteiger partial charge < -0.3 is 20.3 Å². The first-order valence-corrected chi connectivity index (χ1v) is 8.46. The number of nitrogens with zero attached hydrogens (tertiary/aromatic N) is 1. The molecule has 2 aliphatic rings. The summed E-state index contributed by atoms with van der Waals surface area (Å²) < 4.78 is 5.16. The van der Waals surface area contributed by atoms with Gasteiger partial charge in [-0.25, -0.2) is 0 Å². The Morgan fingerprint density at radius 1 is 1.29 bits per heavy atom. The molecular formula is C18H25N3O3. The molecule has 2 fully saturated rings. The van der Waals surface area contributed by atoms with Crippen LogP contribution in [0.1, 0.15) is 25.8 Å². The molecule has 1 aromatic carbocycles. The molecule has 0 saturated carbocycles. The van der Waals surface area contributed by atoms with E-state index in [4.69, 9.17) is 4.74 Å². The highest BCUT2D eigenvalue weighted by Crippen LogP contribution is 2.25. The molecule has 0 unspecified atom stereocenters. The summed E-state index contributed by atoms with van der Waals surface area (Å²) in [5, 5.41) is 6.33. The number of benzene rings is 1. The molecule has 0 bridgehead atoms. The van der Waals surface area contributed by atoms with Gasteiger partial charge in [0.2, 0.25) is 11.8 Å². The predicted octanol–water partition coefficient (Wildman–Crippen LogP) is 0.909. The van der Waals surface area contributed by atoms with Crippen molar-refractivity contribution < 1.29 is 14.3 Å². The summed E-state index contributed by atoms with van der Waals surface area (Å²) in [6.07, 6.45) is 0.665. The van der Waals surface area contributed by atoms with Crippen molar-refractivity contribution in [3.05, 3.63) is 29.8 Å². The van der Waals surface area contributed by atoms with Crippen molar-refractivity contribution in [3.8, 4) is 5.75 Å². The molecule has 2 heterocycles. The fraction of sp³-hybridized carbons (Fsp3) is 0.556. The molecule has 24 heavy (non-hydrogen) atoms. The van der Waals surface area contributed by atoms with Crippen LogP contribution in [-0.4, -0.2) is 48.5 Å². The van der Waals surface area contributed by atoms with Crippen molar-refractivity contribution in [1.82, 2.24) is 15.5 Å². The number of hydrogen-bond donors (Lipinski definition) is 2. The first-order valence-electron chi connectivity index (χ1n) is 8.46. The van der Waals surface area contributed by atoms with Gasteiger partial charge in [0, 0.05) is 19.1 Å². The molecule has 6 heteroatoms. The van der Waals surface area contributed by atoms with Crippen molar-refractivity contribution in [2.75, 3.05) is 13.7 Å². The molecule has 0 spiro atoms. The largest absolute Gasteiger partial charge is 0.497 e. The van der Waals surface area contributed by atoms with E-state index >= 15 is 0 Å². The fourth-order valence-corrected chi connectivity index (χ4v) is 3.42. The van der Waals surface area contributed by atoms with Crippen LogP contribution in [0.3, 0.4) is 0 Å². The van der Waals surface area contributed by atoms with Crippen molar-refractivity contribution in [2.45, 2.75) is 44.9 Å². The third-order valence-electron chi connectivity index (χ3n) is 4.87. The standard InChI is InChI=1S/C18H25N3O3/c1-11(2)16-18(23)21-10-13(8-15(21)17(22)20-16)19-9-12-4-6-14(24-3)7-5-12/h4-7,11,13,15-16,19H,8-10H2,1-3H3,(H,20,22)/t13-,15-,16-/m0/s1. The molecule has 2 aliphatic heterocycles. The Morgan fingerprint density at radius 2 is 2.00 bits per heavy atom. The first-order chi connectivity index (χ1) is 11.5. The fourth-order valence-electron chi connectivity index (χ4n) is 3.42. The van der Waals surface area contributed by atoms with Gasteiger partial charge in [0.15, 0.2) is 0 Å². The molecule has 3 atom stereocenters. The molecule has 130 valence electrons. The second-order valence-corrected chi connectivity index (χ2v) is 6.90. The average Bonchev–Trinajstić information content (AvgIpc) is 3.01. The summed E-state index contributed by atoms with van der Waals surface area (Å²) >= 11 is 0. The highest BCUT2D eigenvalue weighted by Gasteiger charge is 2.46. The lowest BCUT2D eigenvalue weighted by Crippen LogP contribution is -2.62. The molecular weight excluding hydrogens is 306 g/mol. The molecule has 3 rings (SSSR count). The maximum absolute atomic E-state index is 12.6. The first kappa shape index (κ1) is 16.8. The van der Waals surface area contributed by atoms with E-state index in [9.17, 15) is 9.59 Å². The van der Waals surface area contributed by atoms with Gasteiger partial charge in [-0.15, -0.1) is 0 Å². The third-order valence-corrected chi connectivity index (χ3v) is 4.87. The normalized spacial score (nSPS) is 26.5. The van der Waals surface area contributed by atoms with Crippen molar-refractivity contribution >= 4 is 11.8 Å². The molecule has 0 aliphatic carbocycles. The second kappa shape index (κ2) is 6.81. The minimum absolute atomic E-state index is 0.0259. The summed E-state index contributed by atoms with van der Waals surface area (Å²) in [6.45, 7) is 5.21. The van der Waals surface area contributed by atoms with Crippen LogP contribution in [0, 0.1) is 5.92 Å². The minimum Gasteiger partial charge on any atom is -0.497 e. The monoisotopic (exact) mass is 331 g/mol. The van der Waals surface area contributed by atoms with Crippen LogP contribution in [0.2, 0.25) is 0 Å². The van der Waals surface area contributed by atoms with Crippen LogP contribution in [0.5, 0.6) is 5.75 Å². The van der Waals surface area contributed by atoms with Crippen molar-refractivity contribution in [3.63, 3.8) is 0 Å². The molecule has 1 aromatic rings. The van der Waals surface area contributed by atoms with Crippen LogP contribution < -0.4 is 15.4 Å². The van der Waals surface area contributed by atoms with E-state index in [2.05, 4.69) is 10.6 Å². The van der Waals surface area contributed by atoms with E-state index in [0.717, 1.165) is 11.3 Å². The van der Waals surface area contributed by atoms with Gasteiger partial charge in [-0.1, -0.05) is 26.0 Å². The minimum atomic E-state index is -0.394. The highest BCUT2D eigenvalue weighted by molar-refractivity contribution is 5.97. The molecule has 0 radical (unpaired) electrons. The number of ether oxygens (including phenoxy) is 1. The van der Waals surface area contributed by atoms with Gasteiger partial charge in [-0.05, 0) is 30.0 Å². The number of amides is 2. The van der Waals surface area contributed by atoms with E-state index in [1.54, 1.807) is 12.0 Å². The number of carbonyl (C=O) groups excluding carboxylic acids is 2. The number of hydrogen-bond acceptors (Lipinski definition) is 4. The summed E-state index contributed by atoms with van der Waals surface area (Å²) in [6, 6.07) is 7.30. The van der Waals surface area contributed by atoms with E-state index in [-0.39, 0.29) is 29.8 Å². The highest BCUT2D eigenvalue weighted by atomic mass is 16.5. The third kappa shape index (κ3) is 3.24. The summed E-state index contributed by atoms with van der Waals surface area (Å²) in [5.41, 5.74) is 1.15. The Balaban J connectivity index is 1.60. The lowest BCUT2D eigenvalue weighted by Gasteiger charge is -2.36. The van der Waals surface area contributed by atoms with Gasteiger partial charge in [-0.3, -0.25) is 9.59 Å². The van der Waals surface area contributed by atoms with Crippen LogP contribution in [0.15, 0.2) is 24.3 Å². The second-order valence-electron chi connectivity index (χ2n) is 6.90. The van der Waals surface area contributed by atoms with Crippen LogP contribution in [0.4, 0.5) is 0 Å². The van der Waals surface area contributed by atoms with Crippen LogP contribution >= 0.6 is 0 Å². The number of piperazine rings is 1. The molecule has 2 N–H and O–H groups in total. The summed E-state index contributed by atoms with van der Waals surface area (Å²) in [7, 11) is 1.65. The van der Waals surface area contributed by atoms with E-state index in [1.165, 1.54) is 0 Å². The topological polar surface area (TPSA) is 70.7 Å². The lowest BCUT2D eigenvalue weighted by molar-refractivity contribution is -0.148. The molecule has 2 saturated heterocycles. The van der Waals surface area contributed by atoms with Crippen molar-refractivity contribution in [2.24, 2.45) is 5.92 Å². The molecule has 2 amide bonds. The van der Waals surface area contributed by atoms with Crippen molar-refractivity contribution in [1.29, 1.82) is 0 Å². The van der Waals surface area contributed by atoms with E-state index < -0.39 is 6.04 Å². The molecule has 0 aromatic heterocycles. The Kier molecular flexibility index (Phi) is 4.76. The molecule has 6 nitrogen and oxygen atoms in total. The quantitative estimate of drug-likeness (QED) is 0.841. The Morgan fingerprint density at radius 3 is 2.62 bits per heavy atom.